The quantitative estimate of drug-likeness (QED) is 0.633. The molecule has 0 bridgehead atoms. The maximum absolute atomic E-state index is 5.53. The molecule has 2 atom stereocenters. The van der Waals surface area contributed by atoms with E-state index in [2.05, 4.69) is 30.7 Å². The molecular formula is C9H21N3. The van der Waals surface area contributed by atoms with Gasteiger partial charge in [0.25, 0.3) is 0 Å². The van der Waals surface area contributed by atoms with Crippen molar-refractivity contribution in [3.8, 4) is 0 Å². The molecule has 1 heterocycles. The van der Waals surface area contributed by atoms with E-state index in [4.69, 9.17) is 5.73 Å². The number of hydrogen-bond acceptors (Lipinski definition) is 3. The molecule has 0 radical (unpaired) electrons. The van der Waals surface area contributed by atoms with Gasteiger partial charge in [-0.05, 0) is 20.9 Å². The first kappa shape index (κ1) is 9.96. The zero-order chi connectivity index (χ0) is 9.14. The molecule has 0 aromatic heterocycles. The smallest absolute Gasteiger partial charge is 0.0195 e. The van der Waals surface area contributed by atoms with Crippen LogP contribution in [-0.2, 0) is 0 Å². The monoisotopic (exact) mass is 171 g/mol. The van der Waals surface area contributed by atoms with Gasteiger partial charge in [0, 0.05) is 38.3 Å². The lowest BCUT2D eigenvalue weighted by molar-refractivity contribution is 0.0621. The van der Waals surface area contributed by atoms with Crippen molar-refractivity contribution in [2.24, 2.45) is 5.73 Å². The molecule has 0 aromatic carbocycles. The summed E-state index contributed by atoms with van der Waals surface area (Å²) in [5.74, 6) is 0. The standard InChI is InChI=1S/C9H21N3/c1-8-6-12(5-4-10)7-9(2)11(8)3/h8-9H,4-7,10H2,1-3H3/t8-,9+. The summed E-state index contributed by atoms with van der Waals surface area (Å²) in [7, 11) is 2.20. The lowest BCUT2D eigenvalue weighted by Gasteiger charge is -2.42. The minimum atomic E-state index is 0.667. The minimum absolute atomic E-state index is 0.667. The fourth-order valence-electron chi connectivity index (χ4n) is 1.88. The summed E-state index contributed by atoms with van der Waals surface area (Å²) >= 11 is 0. The van der Waals surface area contributed by atoms with Crippen molar-refractivity contribution in [3.63, 3.8) is 0 Å². The fraction of sp³-hybridized carbons (Fsp3) is 1.00. The highest BCUT2D eigenvalue weighted by Crippen LogP contribution is 2.12. The van der Waals surface area contributed by atoms with Crippen LogP contribution in [0, 0.1) is 0 Å². The second kappa shape index (κ2) is 4.21. The molecule has 1 fully saturated rings. The Balaban J connectivity index is 2.42. The predicted octanol–water partition coefficient (Wildman–Crippen LogP) is -0.0305. The molecule has 12 heavy (non-hydrogen) atoms. The normalized spacial score (nSPS) is 34.0. The number of rotatable bonds is 2. The van der Waals surface area contributed by atoms with Crippen LogP contribution in [0.4, 0.5) is 0 Å². The first-order valence-corrected chi connectivity index (χ1v) is 4.79. The van der Waals surface area contributed by atoms with Crippen molar-refractivity contribution in [1.29, 1.82) is 0 Å². The largest absolute Gasteiger partial charge is 0.329 e. The lowest BCUT2D eigenvalue weighted by Crippen LogP contribution is -2.55. The van der Waals surface area contributed by atoms with E-state index in [9.17, 15) is 0 Å². The molecular weight excluding hydrogens is 150 g/mol. The van der Waals surface area contributed by atoms with Crippen LogP contribution in [0.1, 0.15) is 13.8 Å². The Kier molecular flexibility index (Phi) is 3.50. The fourth-order valence-corrected chi connectivity index (χ4v) is 1.88. The van der Waals surface area contributed by atoms with Crippen LogP contribution < -0.4 is 5.73 Å². The van der Waals surface area contributed by atoms with Crippen molar-refractivity contribution in [2.45, 2.75) is 25.9 Å². The van der Waals surface area contributed by atoms with Gasteiger partial charge in [-0.1, -0.05) is 0 Å². The van der Waals surface area contributed by atoms with Crippen molar-refractivity contribution in [1.82, 2.24) is 9.80 Å². The maximum Gasteiger partial charge on any atom is 0.0195 e. The van der Waals surface area contributed by atoms with Crippen LogP contribution in [0.15, 0.2) is 0 Å². The summed E-state index contributed by atoms with van der Waals surface area (Å²) in [6.45, 7) is 8.71. The van der Waals surface area contributed by atoms with Crippen molar-refractivity contribution in [3.05, 3.63) is 0 Å². The highest BCUT2D eigenvalue weighted by Gasteiger charge is 2.25. The molecule has 0 aliphatic carbocycles. The molecule has 0 saturated carbocycles. The number of likely N-dealkylation sites (N-methyl/N-ethyl adjacent to an activating group) is 1. The molecule has 0 amide bonds. The van der Waals surface area contributed by atoms with E-state index in [1.165, 1.54) is 0 Å². The Bertz CT molecular complexity index is 126. The van der Waals surface area contributed by atoms with E-state index < -0.39 is 0 Å². The molecule has 72 valence electrons. The number of nitrogens with two attached hydrogens (primary N) is 1. The van der Waals surface area contributed by atoms with E-state index >= 15 is 0 Å². The topological polar surface area (TPSA) is 32.5 Å². The van der Waals surface area contributed by atoms with Gasteiger partial charge in [-0.15, -0.1) is 0 Å². The van der Waals surface area contributed by atoms with Crippen LogP contribution in [0.25, 0.3) is 0 Å². The highest BCUT2D eigenvalue weighted by molar-refractivity contribution is 4.82. The van der Waals surface area contributed by atoms with E-state index in [1.807, 2.05) is 0 Å². The molecule has 2 N–H and O–H groups in total. The van der Waals surface area contributed by atoms with Gasteiger partial charge >= 0.3 is 0 Å². The Morgan fingerprint density at radius 3 is 2.17 bits per heavy atom. The average molecular weight is 171 g/mol. The molecule has 0 aromatic rings. The number of hydrogen-bond donors (Lipinski definition) is 1. The molecule has 1 rings (SSSR count). The van der Waals surface area contributed by atoms with Crippen LogP contribution in [0.3, 0.4) is 0 Å². The summed E-state index contributed by atoms with van der Waals surface area (Å²) < 4.78 is 0. The second-order valence-corrected chi connectivity index (χ2v) is 3.91. The van der Waals surface area contributed by atoms with Gasteiger partial charge in [-0.25, -0.2) is 0 Å². The predicted molar refractivity (Wildman–Crippen MR) is 52.2 cm³/mol. The molecule has 0 spiro atoms. The van der Waals surface area contributed by atoms with Gasteiger partial charge in [0.1, 0.15) is 0 Å². The van der Waals surface area contributed by atoms with Gasteiger partial charge in [0.2, 0.25) is 0 Å². The van der Waals surface area contributed by atoms with E-state index in [0.29, 0.717) is 12.1 Å². The zero-order valence-electron chi connectivity index (χ0n) is 8.45. The van der Waals surface area contributed by atoms with Gasteiger partial charge in [0.15, 0.2) is 0 Å². The minimum Gasteiger partial charge on any atom is -0.329 e. The van der Waals surface area contributed by atoms with Gasteiger partial charge in [0.05, 0.1) is 0 Å². The Labute approximate surface area is 75.5 Å². The third-order valence-corrected chi connectivity index (χ3v) is 2.88. The van der Waals surface area contributed by atoms with Gasteiger partial charge in [-0.2, -0.15) is 0 Å². The third kappa shape index (κ3) is 2.19. The third-order valence-electron chi connectivity index (χ3n) is 2.88. The van der Waals surface area contributed by atoms with E-state index in [0.717, 1.165) is 26.2 Å². The Morgan fingerprint density at radius 1 is 1.25 bits per heavy atom. The van der Waals surface area contributed by atoms with Crippen LogP contribution >= 0.6 is 0 Å². The summed E-state index contributed by atoms with van der Waals surface area (Å²) in [6.07, 6.45) is 0. The maximum atomic E-state index is 5.53. The molecule has 1 saturated heterocycles. The second-order valence-electron chi connectivity index (χ2n) is 3.91. The number of nitrogens with zero attached hydrogens (tertiary/aromatic N) is 2. The van der Waals surface area contributed by atoms with Crippen molar-refractivity contribution in [2.75, 3.05) is 33.2 Å². The van der Waals surface area contributed by atoms with Crippen LogP contribution in [0.5, 0.6) is 0 Å². The Morgan fingerprint density at radius 2 is 1.75 bits per heavy atom. The average Bonchev–Trinajstić information content (AvgIpc) is 2.01. The van der Waals surface area contributed by atoms with E-state index in [1.54, 1.807) is 0 Å². The lowest BCUT2D eigenvalue weighted by atomic mass is 10.1. The Hall–Kier alpha value is -0.120. The molecule has 3 heteroatoms. The van der Waals surface area contributed by atoms with E-state index in [-0.39, 0.29) is 0 Å². The SMILES string of the molecule is C[C@@H]1CN(CCN)C[C@H](C)N1C. The highest BCUT2D eigenvalue weighted by atomic mass is 15.3. The summed E-state index contributed by atoms with van der Waals surface area (Å²) in [5, 5.41) is 0. The van der Waals surface area contributed by atoms with Crippen molar-refractivity contribution < 1.29 is 0 Å². The molecule has 0 unspecified atom stereocenters. The zero-order valence-corrected chi connectivity index (χ0v) is 8.45. The first-order chi connectivity index (χ1) is 5.65. The first-order valence-electron chi connectivity index (χ1n) is 4.79. The molecule has 3 nitrogen and oxygen atoms in total. The number of piperazine rings is 1. The van der Waals surface area contributed by atoms with Gasteiger partial charge in [-0.3, -0.25) is 9.80 Å². The summed E-state index contributed by atoms with van der Waals surface area (Å²) in [6, 6.07) is 1.33. The summed E-state index contributed by atoms with van der Waals surface area (Å²) in [4.78, 5) is 4.89. The summed E-state index contributed by atoms with van der Waals surface area (Å²) in [5.41, 5.74) is 5.53. The van der Waals surface area contributed by atoms with Crippen molar-refractivity contribution >= 4 is 0 Å². The van der Waals surface area contributed by atoms with Crippen LogP contribution in [0.2, 0.25) is 0 Å². The van der Waals surface area contributed by atoms with Crippen LogP contribution in [-0.4, -0.2) is 55.1 Å². The van der Waals surface area contributed by atoms with Gasteiger partial charge < -0.3 is 5.73 Å². The molecule has 1 aliphatic heterocycles. The molecule has 1 aliphatic rings.